The maximum atomic E-state index is 11.4. The van der Waals surface area contributed by atoms with Gasteiger partial charge in [0, 0.05) is 13.5 Å². The number of carbonyl (C=O) groups is 2. The topological polar surface area (TPSA) is 57.6 Å². The lowest BCUT2D eigenvalue weighted by atomic mass is 10.1. The van der Waals surface area contributed by atoms with Gasteiger partial charge in [-0.15, -0.1) is 0 Å². The van der Waals surface area contributed by atoms with Crippen molar-refractivity contribution in [1.82, 2.24) is 0 Å². The van der Waals surface area contributed by atoms with E-state index in [4.69, 9.17) is 5.11 Å². The molecule has 1 N–H and O–H groups in total. The summed E-state index contributed by atoms with van der Waals surface area (Å²) in [5, 5.41) is 8.93. The summed E-state index contributed by atoms with van der Waals surface area (Å²) in [6, 6.07) is 6.45. The van der Waals surface area contributed by atoms with Gasteiger partial charge in [-0.1, -0.05) is 19.1 Å². The van der Waals surface area contributed by atoms with Crippen LogP contribution in [0.25, 0.3) is 0 Å². The van der Waals surface area contributed by atoms with Crippen molar-refractivity contribution in [3.8, 4) is 0 Å². The number of nitrogens with zero attached hydrogens (tertiary/aromatic N) is 1. The van der Waals surface area contributed by atoms with E-state index in [9.17, 15) is 9.59 Å². The van der Waals surface area contributed by atoms with Crippen LogP contribution in [0.2, 0.25) is 0 Å². The highest BCUT2D eigenvalue weighted by Crippen LogP contribution is 2.19. The van der Waals surface area contributed by atoms with Crippen LogP contribution in [-0.2, 0) is 4.79 Å². The predicted octanol–water partition coefficient (Wildman–Crippen LogP) is 1.76. The Morgan fingerprint density at radius 1 is 1.33 bits per heavy atom. The van der Waals surface area contributed by atoms with Gasteiger partial charge in [0.15, 0.2) is 0 Å². The van der Waals surface area contributed by atoms with Crippen LogP contribution >= 0.6 is 0 Å². The molecule has 80 valence electrons. The molecule has 0 heterocycles. The monoisotopic (exact) mass is 207 g/mol. The van der Waals surface area contributed by atoms with Gasteiger partial charge in [-0.2, -0.15) is 0 Å². The Hall–Kier alpha value is -1.84. The van der Waals surface area contributed by atoms with E-state index in [0.29, 0.717) is 12.1 Å². The van der Waals surface area contributed by atoms with Gasteiger partial charge in [0.2, 0.25) is 5.91 Å². The van der Waals surface area contributed by atoms with E-state index in [1.807, 2.05) is 0 Å². The van der Waals surface area contributed by atoms with Crippen molar-refractivity contribution < 1.29 is 14.7 Å². The number of carbonyl (C=O) groups excluding carboxylic acids is 1. The normalized spacial score (nSPS) is 9.73. The maximum Gasteiger partial charge on any atom is 0.337 e. The largest absolute Gasteiger partial charge is 0.478 e. The van der Waals surface area contributed by atoms with Crippen LogP contribution in [0.3, 0.4) is 0 Å². The second kappa shape index (κ2) is 4.59. The Balaban J connectivity index is 3.13. The van der Waals surface area contributed by atoms with Crippen molar-refractivity contribution in [2.75, 3.05) is 11.9 Å². The molecule has 0 spiro atoms. The first-order valence-electron chi connectivity index (χ1n) is 4.66. The lowest BCUT2D eigenvalue weighted by molar-refractivity contribution is -0.118. The molecule has 0 bridgehead atoms. The minimum absolute atomic E-state index is 0.108. The summed E-state index contributed by atoms with van der Waals surface area (Å²) in [7, 11) is 1.58. The SMILES string of the molecule is CCC(=O)N(C)c1ccccc1C(=O)O. The molecule has 0 saturated heterocycles. The highest BCUT2D eigenvalue weighted by atomic mass is 16.4. The van der Waals surface area contributed by atoms with Crippen LogP contribution in [0.5, 0.6) is 0 Å². The molecule has 0 aliphatic rings. The minimum Gasteiger partial charge on any atom is -0.478 e. The van der Waals surface area contributed by atoms with Crippen LogP contribution in [0.1, 0.15) is 23.7 Å². The molecule has 1 amide bonds. The summed E-state index contributed by atoms with van der Waals surface area (Å²) in [4.78, 5) is 23.7. The molecule has 0 radical (unpaired) electrons. The summed E-state index contributed by atoms with van der Waals surface area (Å²) in [5.74, 6) is -1.13. The third kappa shape index (κ3) is 2.34. The van der Waals surface area contributed by atoms with Gasteiger partial charge in [-0.25, -0.2) is 4.79 Å². The Bertz CT molecular complexity index is 387. The quantitative estimate of drug-likeness (QED) is 0.821. The molecular formula is C11H13NO3. The van der Waals surface area contributed by atoms with Crippen molar-refractivity contribution in [2.24, 2.45) is 0 Å². The fourth-order valence-electron chi connectivity index (χ4n) is 1.32. The van der Waals surface area contributed by atoms with Crippen molar-refractivity contribution in [2.45, 2.75) is 13.3 Å². The van der Waals surface area contributed by atoms with Crippen LogP contribution < -0.4 is 4.90 Å². The molecule has 15 heavy (non-hydrogen) atoms. The van der Waals surface area contributed by atoms with Crippen LogP contribution in [0.4, 0.5) is 5.69 Å². The molecule has 0 aliphatic carbocycles. The van der Waals surface area contributed by atoms with Crippen molar-refractivity contribution >= 4 is 17.6 Å². The van der Waals surface area contributed by atoms with Crippen LogP contribution in [0.15, 0.2) is 24.3 Å². The summed E-state index contributed by atoms with van der Waals surface area (Å²) >= 11 is 0. The van der Waals surface area contributed by atoms with Gasteiger partial charge < -0.3 is 10.0 Å². The van der Waals surface area contributed by atoms with E-state index in [1.54, 1.807) is 32.2 Å². The molecule has 4 nitrogen and oxygen atoms in total. The number of para-hydroxylation sites is 1. The molecule has 0 aliphatic heterocycles. The zero-order chi connectivity index (χ0) is 11.4. The lowest BCUT2D eigenvalue weighted by Crippen LogP contribution is -2.26. The van der Waals surface area contributed by atoms with E-state index in [0.717, 1.165) is 0 Å². The lowest BCUT2D eigenvalue weighted by Gasteiger charge is -2.18. The van der Waals surface area contributed by atoms with Crippen molar-refractivity contribution in [1.29, 1.82) is 0 Å². The third-order valence-corrected chi connectivity index (χ3v) is 2.17. The number of aromatic carboxylic acids is 1. The number of carboxylic acids is 1. The Morgan fingerprint density at radius 2 is 1.93 bits per heavy atom. The highest BCUT2D eigenvalue weighted by Gasteiger charge is 2.15. The summed E-state index contributed by atoms with van der Waals surface area (Å²) in [5.41, 5.74) is 0.568. The standard InChI is InChI=1S/C11H13NO3/c1-3-10(13)12(2)9-7-5-4-6-8(9)11(14)15/h4-7H,3H2,1-2H3,(H,14,15). The Morgan fingerprint density at radius 3 is 2.47 bits per heavy atom. The average Bonchev–Trinajstić information content (AvgIpc) is 2.27. The Kier molecular flexibility index (Phi) is 3.44. The molecule has 4 heteroatoms. The first kappa shape index (κ1) is 11.2. The van der Waals surface area contributed by atoms with E-state index in [1.165, 1.54) is 11.0 Å². The molecule has 0 fully saturated rings. The highest BCUT2D eigenvalue weighted by molar-refractivity contribution is 6.01. The summed E-state index contributed by atoms with van der Waals surface area (Å²) in [6.45, 7) is 1.74. The zero-order valence-electron chi connectivity index (χ0n) is 8.73. The Labute approximate surface area is 88.1 Å². The van der Waals surface area contributed by atoms with E-state index >= 15 is 0 Å². The number of anilines is 1. The van der Waals surface area contributed by atoms with Gasteiger partial charge in [-0.05, 0) is 12.1 Å². The van der Waals surface area contributed by atoms with Gasteiger partial charge in [-0.3, -0.25) is 4.79 Å². The van der Waals surface area contributed by atoms with E-state index < -0.39 is 5.97 Å². The van der Waals surface area contributed by atoms with Crippen molar-refractivity contribution in [3.63, 3.8) is 0 Å². The average molecular weight is 207 g/mol. The predicted molar refractivity (Wildman–Crippen MR) is 57.1 cm³/mol. The van der Waals surface area contributed by atoms with E-state index in [-0.39, 0.29) is 11.5 Å². The fraction of sp³-hybridized carbons (Fsp3) is 0.273. The minimum atomic E-state index is -1.03. The molecular weight excluding hydrogens is 194 g/mol. The number of benzene rings is 1. The molecule has 0 unspecified atom stereocenters. The van der Waals surface area contributed by atoms with E-state index in [2.05, 4.69) is 0 Å². The van der Waals surface area contributed by atoms with Crippen molar-refractivity contribution in [3.05, 3.63) is 29.8 Å². The van der Waals surface area contributed by atoms with Crippen LogP contribution in [-0.4, -0.2) is 24.0 Å². The third-order valence-electron chi connectivity index (χ3n) is 2.17. The summed E-state index contributed by atoms with van der Waals surface area (Å²) < 4.78 is 0. The fourth-order valence-corrected chi connectivity index (χ4v) is 1.32. The summed E-state index contributed by atoms with van der Waals surface area (Å²) in [6.07, 6.45) is 0.352. The number of rotatable bonds is 3. The number of hydrogen-bond donors (Lipinski definition) is 1. The maximum absolute atomic E-state index is 11.4. The number of amides is 1. The zero-order valence-corrected chi connectivity index (χ0v) is 8.73. The second-order valence-electron chi connectivity index (χ2n) is 3.13. The molecule has 1 aromatic carbocycles. The number of carboxylic acid groups (broad SMARTS) is 1. The second-order valence-corrected chi connectivity index (χ2v) is 3.13. The van der Waals surface area contributed by atoms with Gasteiger partial charge in [0.25, 0.3) is 0 Å². The smallest absolute Gasteiger partial charge is 0.337 e. The van der Waals surface area contributed by atoms with Crippen LogP contribution in [0, 0.1) is 0 Å². The molecule has 1 rings (SSSR count). The molecule has 0 aromatic heterocycles. The van der Waals surface area contributed by atoms with Gasteiger partial charge >= 0.3 is 5.97 Å². The first-order valence-corrected chi connectivity index (χ1v) is 4.66. The molecule has 0 atom stereocenters. The van der Waals surface area contributed by atoms with Gasteiger partial charge in [0.1, 0.15) is 0 Å². The number of hydrogen-bond acceptors (Lipinski definition) is 2. The van der Waals surface area contributed by atoms with Gasteiger partial charge in [0.05, 0.1) is 11.3 Å². The molecule has 1 aromatic rings. The molecule has 0 saturated carbocycles. The first-order chi connectivity index (χ1) is 7.07.